The molecule has 0 bridgehead atoms. The molecule has 104 valence electrons. The summed E-state index contributed by atoms with van der Waals surface area (Å²) in [6.07, 6.45) is 5.70. The van der Waals surface area contributed by atoms with E-state index >= 15 is 0 Å². The number of aryl methyl sites for hydroxylation is 2. The van der Waals surface area contributed by atoms with Crippen LogP contribution in [0.5, 0.6) is 0 Å². The normalized spacial score (nSPS) is 11.4. The highest BCUT2D eigenvalue weighted by molar-refractivity contribution is 9.10. The summed E-state index contributed by atoms with van der Waals surface area (Å²) in [7, 11) is 0. The summed E-state index contributed by atoms with van der Waals surface area (Å²) in [5, 5.41) is 15.8. The van der Waals surface area contributed by atoms with E-state index in [2.05, 4.69) is 50.5 Å². The van der Waals surface area contributed by atoms with Gasteiger partial charge in [0.2, 0.25) is 0 Å². The van der Waals surface area contributed by atoms with Crippen molar-refractivity contribution in [1.29, 1.82) is 0 Å². The van der Waals surface area contributed by atoms with Gasteiger partial charge in [-0.2, -0.15) is 5.10 Å². The number of halogens is 1. The number of nitrogens with zero attached hydrogens (tertiary/aromatic N) is 5. The molecule has 0 saturated heterocycles. The van der Waals surface area contributed by atoms with Gasteiger partial charge in [-0.25, -0.2) is 0 Å². The first kappa shape index (κ1) is 14.2. The molecule has 0 spiro atoms. The fourth-order valence-electron chi connectivity index (χ4n) is 1.68. The lowest BCUT2D eigenvalue weighted by Gasteiger charge is -2.04. The SMILES string of the molecule is CC(C)CNCc1cn(CCn2cc(Br)cn2)nn1. The zero-order valence-electron chi connectivity index (χ0n) is 11.3. The summed E-state index contributed by atoms with van der Waals surface area (Å²) in [5.41, 5.74) is 0.974. The van der Waals surface area contributed by atoms with Gasteiger partial charge in [0.05, 0.1) is 29.5 Å². The van der Waals surface area contributed by atoms with Crippen LogP contribution in [0.2, 0.25) is 0 Å². The topological polar surface area (TPSA) is 60.6 Å². The summed E-state index contributed by atoms with van der Waals surface area (Å²) in [4.78, 5) is 0. The molecular weight excluding hydrogens is 308 g/mol. The molecule has 2 heterocycles. The highest BCUT2D eigenvalue weighted by Crippen LogP contribution is 2.06. The van der Waals surface area contributed by atoms with Crippen molar-refractivity contribution < 1.29 is 0 Å². The minimum Gasteiger partial charge on any atom is -0.311 e. The van der Waals surface area contributed by atoms with Gasteiger partial charge in [-0.1, -0.05) is 19.1 Å². The third kappa shape index (κ3) is 4.76. The quantitative estimate of drug-likeness (QED) is 0.841. The number of hydrogen-bond donors (Lipinski definition) is 1. The van der Waals surface area contributed by atoms with Gasteiger partial charge in [-0.05, 0) is 28.4 Å². The lowest BCUT2D eigenvalue weighted by atomic mass is 10.2. The van der Waals surface area contributed by atoms with Crippen LogP contribution in [0.25, 0.3) is 0 Å². The molecule has 0 saturated carbocycles. The van der Waals surface area contributed by atoms with Gasteiger partial charge >= 0.3 is 0 Å². The first-order valence-electron chi connectivity index (χ1n) is 6.41. The molecule has 2 rings (SSSR count). The molecule has 0 amide bonds. The van der Waals surface area contributed by atoms with Crippen molar-refractivity contribution in [3.63, 3.8) is 0 Å². The van der Waals surface area contributed by atoms with Crippen LogP contribution in [0, 0.1) is 5.92 Å². The number of nitrogens with one attached hydrogen (secondary N) is 1. The van der Waals surface area contributed by atoms with Gasteiger partial charge in [0.15, 0.2) is 0 Å². The van der Waals surface area contributed by atoms with Gasteiger partial charge in [0.25, 0.3) is 0 Å². The van der Waals surface area contributed by atoms with Crippen molar-refractivity contribution in [3.8, 4) is 0 Å². The Bertz CT molecular complexity index is 504. The van der Waals surface area contributed by atoms with Crippen molar-refractivity contribution in [2.75, 3.05) is 6.54 Å². The van der Waals surface area contributed by atoms with Crippen LogP contribution in [0.1, 0.15) is 19.5 Å². The van der Waals surface area contributed by atoms with Crippen LogP contribution in [0.3, 0.4) is 0 Å². The van der Waals surface area contributed by atoms with Crippen molar-refractivity contribution >= 4 is 15.9 Å². The summed E-state index contributed by atoms with van der Waals surface area (Å²) < 4.78 is 4.72. The molecule has 1 N–H and O–H groups in total. The van der Waals surface area contributed by atoms with Crippen molar-refractivity contribution in [1.82, 2.24) is 30.1 Å². The molecule has 0 aliphatic carbocycles. The van der Waals surface area contributed by atoms with E-state index in [-0.39, 0.29) is 0 Å². The average molecular weight is 327 g/mol. The van der Waals surface area contributed by atoms with Gasteiger partial charge in [0, 0.05) is 18.9 Å². The second-order valence-corrected chi connectivity index (χ2v) is 5.84. The average Bonchev–Trinajstić information content (AvgIpc) is 2.95. The Morgan fingerprint density at radius 1 is 1.26 bits per heavy atom. The molecule has 0 radical (unpaired) electrons. The standard InChI is InChI=1S/C12H19BrN6/c1-10(2)5-14-7-12-9-19(17-16-12)4-3-18-8-11(13)6-15-18/h6,8-10,14H,3-5,7H2,1-2H3. The van der Waals surface area contributed by atoms with Crippen LogP contribution in [-0.2, 0) is 19.6 Å². The second kappa shape index (κ2) is 6.81. The lowest BCUT2D eigenvalue weighted by molar-refractivity contribution is 0.489. The molecule has 6 nitrogen and oxygen atoms in total. The van der Waals surface area contributed by atoms with Crippen LogP contribution < -0.4 is 5.32 Å². The molecule has 0 unspecified atom stereocenters. The molecule has 19 heavy (non-hydrogen) atoms. The molecular formula is C12H19BrN6. The van der Waals surface area contributed by atoms with Crippen LogP contribution in [0.4, 0.5) is 0 Å². The zero-order valence-corrected chi connectivity index (χ0v) is 12.8. The minimum absolute atomic E-state index is 0.647. The van der Waals surface area contributed by atoms with Crippen LogP contribution in [0.15, 0.2) is 23.1 Å². The summed E-state index contributed by atoms with van der Waals surface area (Å²) in [6.45, 7) is 7.69. The van der Waals surface area contributed by atoms with E-state index in [0.29, 0.717) is 5.92 Å². The Labute approximate surface area is 121 Å². The van der Waals surface area contributed by atoms with Crippen LogP contribution >= 0.6 is 15.9 Å². The third-order valence-corrected chi connectivity index (χ3v) is 3.01. The van der Waals surface area contributed by atoms with E-state index in [1.807, 2.05) is 21.8 Å². The first-order valence-corrected chi connectivity index (χ1v) is 7.20. The number of aromatic nitrogens is 5. The fourth-order valence-corrected chi connectivity index (χ4v) is 2.01. The Morgan fingerprint density at radius 3 is 2.74 bits per heavy atom. The van der Waals surface area contributed by atoms with Gasteiger partial charge in [-0.15, -0.1) is 5.10 Å². The van der Waals surface area contributed by atoms with E-state index in [1.165, 1.54) is 0 Å². The summed E-state index contributed by atoms with van der Waals surface area (Å²) in [6, 6.07) is 0. The number of rotatable bonds is 7. The second-order valence-electron chi connectivity index (χ2n) is 4.92. The predicted molar refractivity (Wildman–Crippen MR) is 76.5 cm³/mol. The third-order valence-electron chi connectivity index (χ3n) is 2.60. The van der Waals surface area contributed by atoms with E-state index in [1.54, 1.807) is 6.20 Å². The maximum absolute atomic E-state index is 4.20. The highest BCUT2D eigenvalue weighted by Gasteiger charge is 2.02. The molecule has 0 atom stereocenters. The Hall–Kier alpha value is -1.21. The Balaban J connectivity index is 1.77. The largest absolute Gasteiger partial charge is 0.311 e. The Kier molecular flexibility index (Phi) is 5.09. The van der Waals surface area contributed by atoms with E-state index in [4.69, 9.17) is 0 Å². The van der Waals surface area contributed by atoms with Crippen molar-refractivity contribution in [3.05, 3.63) is 28.8 Å². The van der Waals surface area contributed by atoms with Gasteiger partial charge in [0.1, 0.15) is 0 Å². The Morgan fingerprint density at radius 2 is 2.05 bits per heavy atom. The van der Waals surface area contributed by atoms with Gasteiger partial charge < -0.3 is 5.32 Å². The fraction of sp³-hybridized carbons (Fsp3) is 0.583. The van der Waals surface area contributed by atoms with Crippen molar-refractivity contribution in [2.45, 2.75) is 33.5 Å². The minimum atomic E-state index is 0.647. The van der Waals surface area contributed by atoms with E-state index in [9.17, 15) is 0 Å². The van der Waals surface area contributed by atoms with Crippen molar-refractivity contribution in [2.24, 2.45) is 5.92 Å². The molecule has 2 aromatic rings. The van der Waals surface area contributed by atoms with E-state index < -0.39 is 0 Å². The smallest absolute Gasteiger partial charge is 0.0964 e. The molecule has 0 fully saturated rings. The van der Waals surface area contributed by atoms with Gasteiger partial charge in [-0.3, -0.25) is 9.36 Å². The monoisotopic (exact) mass is 326 g/mol. The molecule has 7 heteroatoms. The van der Waals surface area contributed by atoms with E-state index in [0.717, 1.165) is 36.3 Å². The maximum Gasteiger partial charge on any atom is 0.0964 e. The molecule has 2 aromatic heterocycles. The molecule has 0 aliphatic heterocycles. The predicted octanol–water partition coefficient (Wildman–Crippen LogP) is 1.68. The first-order chi connectivity index (χ1) is 9.13. The molecule has 0 aliphatic rings. The zero-order chi connectivity index (χ0) is 13.7. The molecule has 0 aromatic carbocycles. The maximum atomic E-state index is 4.20. The number of hydrogen-bond acceptors (Lipinski definition) is 4. The lowest BCUT2D eigenvalue weighted by Crippen LogP contribution is -2.19. The van der Waals surface area contributed by atoms with Crippen LogP contribution in [-0.4, -0.2) is 31.3 Å². The highest BCUT2D eigenvalue weighted by atomic mass is 79.9. The summed E-state index contributed by atoms with van der Waals surface area (Å²) in [5.74, 6) is 0.647. The summed E-state index contributed by atoms with van der Waals surface area (Å²) >= 11 is 3.38.